The molecule has 2 atom stereocenters. The Morgan fingerprint density at radius 1 is 1.39 bits per heavy atom. The molecule has 0 radical (unpaired) electrons. The lowest BCUT2D eigenvalue weighted by molar-refractivity contribution is -0.151. The van der Waals surface area contributed by atoms with Crippen LogP contribution < -0.4 is 0 Å². The average Bonchev–Trinajstić information content (AvgIpc) is 2.69. The van der Waals surface area contributed by atoms with Gasteiger partial charge >= 0.3 is 5.97 Å². The summed E-state index contributed by atoms with van der Waals surface area (Å²) in [4.78, 5) is 14.0. The molecule has 104 valence electrons. The van der Waals surface area contributed by atoms with Gasteiger partial charge in [-0.25, -0.2) is 0 Å². The fraction of sp³-hybridized carbons (Fsp3) is 0.933. The fourth-order valence-electron chi connectivity index (χ4n) is 3.49. The molecular formula is C15H27NO2. The quantitative estimate of drug-likeness (QED) is 0.819. The van der Waals surface area contributed by atoms with Gasteiger partial charge in [-0.1, -0.05) is 33.1 Å². The van der Waals surface area contributed by atoms with Crippen molar-refractivity contribution < 1.29 is 9.90 Å². The Morgan fingerprint density at radius 2 is 2.06 bits per heavy atom. The van der Waals surface area contributed by atoms with Gasteiger partial charge in [0.15, 0.2) is 0 Å². The van der Waals surface area contributed by atoms with Crippen molar-refractivity contribution in [1.82, 2.24) is 4.90 Å². The third kappa shape index (κ3) is 2.42. The van der Waals surface area contributed by atoms with Crippen LogP contribution in [0.1, 0.15) is 52.9 Å². The minimum Gasteiger partial charge on any atom is -0.481 e. The lowest BCUT2D eigenvalue weighted by Crippen LogP contribution is -2.41. The Bertz CT molecular complexity index is 312. The highest BCUT2D eigenvalue weighted by Gasteiger charge is 2.48. The highest BCUT2D eigenvalue weighted by molar-refractivity contribution is 5.75. The van der Waals surface area contributed by atoms with Crippen molar-refractivity contribution in [1.29, 1.82) is 0 Å². The maximum Gasteiger partial charge on any atom is 0.311 e. The van der Waals surface area contributed by atoms with Crippen molar-refractivity contribution in [2.75, 3.05) is 13.1 Å². The first-order valence-corrected chi connectivity index (χ1v) is 7.43. The van der Waals surface area contributed by atoms with Gasteiger partial charge in [-0.05, 0) is 38.1 Å². The molecule has 1 aliphatic heterocycles. The van der Waals surface area contributed by atoms with Crippen molar-refractivity contribution in [3.05, 3.63) is 0 Å². The van der Waals surface area contributed by atoms with Crippen molar-refractivity contribution in [3.63, 3.8) is 0 Å². The first kappa shape index (κ1) is 13.9. The second-order valence-corrected chi connectivity index (χ2v) is 6.72. The van der Waals surface area contributed by atoms with Crippen molar-refractivity contribution in [3.8, 4) is 0 Å². The van der Waals surface area contributed by atoms with Crippen molar-refractivity contribution in [2.24, 2.45) is 17.3 Å². The zero-order valence-corrected chi connectivity index (χ0v) is 12.0. The van der Waals surface area contributed by atoms with Gasteiger partial charge in [0, 0.05) is 12.6 Å². The van der Waals surface area contributed by atoms with Crippen molar-refractivity contribution >= 4 is 5.97 Å². The summed E-state index contributed by atoms with van der Waals surface area (Å²) in [5.41, 5.74) is -0.506. The van der Waals surface area contributed by atoms with Crippen LogP contribution in [0.5, 0.6) is 0 Å². The molecule has 18 heavy (non-hydrogen) atoms. The number of nitrogens with zero attached hydrogens (tertiary/aromatic N) is 1. The number of hydrogen-bond acceptors (Lipinski definition) is 2. The maximum atomic E-state index is 11.6. The van der Waals surface area contributed by atoms with E-state index in [0.717, 1.165) is 25.4 Å². The summed E-state index contributed by atoms with van der Waals surface area (Å²) in [7, 11) is 0. The molecule has 1 heterocycles. The Labute approximate surface area is 111 Å². The normalized spacial score (nSPS) is 31.6. The summed E-state index contributed by atoms with van der Waals surface area (Å²) in [5, 5.41) is 9.55. The van der Waals surface area contributed by atoms with Crippen LogP contribution >= 0.6 is 0 Å². The standard InChI is InChI=1S/C15H27NO2/c1-11(2)15(14(17)18)7-8-16(10-15)12(3)9-13-5-4-6-13/h11-13H,4-10H2,1-3H3,(H,17,18). The minimum absolute atomic E-state index is 0.218. The van der Waals surface area contributed by atoms with Crippen LogP contribution in [0.2, 0.25) is 0 Å². The van der Waals surface area contributed by atoms with E-state index in [1.807, 2.05) is 13.8 Å². The molecule has 0 bridgehead atoms. The molecule has 0 spiro atoms. The van der Waals surface area contributed by atoms with Gasteiger partial charge in [0.05, 0.1) is 5.41 Å². The third-order valence-electron chi connectivity index (χ3n) is 5.38. The van der Waals surface area contributed by atoms with Gasteiger partial charge in [-0.3, -0.25) is 9.69 Å². The zero-order chi connectivity index (χ0) is 13.3. The predicted octanol–water partition coefficient (Wildman–Crippen LogP) is 3.00. The van der Waals surface area contributed by atoms with Crippen molar-refractivity contribution in [2.45, 2.75) is 58.9 Å². The summed E-state index contributed by atoms with van der Waals surface area (Å²) in [6.45, 7) is 8.07. The Balaban J connectivity index is 1.95. The van der Waals surface area contributed by atoms with Gasteiger partial charge in [-0.15, -0.1) is 0 Å². The van der Waals surface area contributed by atoms with Crippen LogP contribution in [-0.2, 0) is 4.79 Å². The number of carboxylic acid groups (broad SMARTS) is 1. The van der Waals surface area contributed by atoms with Crippen LogP contribution in [0.4, 0.5) is 0 Å². The summed E-state index contributed by atoms with van der Waals surface area (Å²) in [6, 6.07) is 0.551. The van der Waals surface area contributed by atoms with Gasteiger partial charge in [0.25, 0.3) is 0 Å². The molecule has 3 nitrogen and oxygen atoms in total. The lowest BCUT2D eigenvalue weighted by atomic mass is 9.76. The largest absolute Gasteiger partial charge is 0.481 e. The SMILES string of the molecule is CC(CC1CCC1)N1CCC(C(=O)O)(C(C)C)C1. The molecule has 1 saturated carbocycles. The highest BCUT2D eigenvalue weighted by atomic mass is 16.4. The lowest BCUT2D eigenvalue weighted by Gasteiger charge is -2.34. The molecule has 2 rings (SSSR count). The molecule has 3 heteroatoms. The third-order valence-corrected chi connectivity index (χ3v) is 5.38. The van der Waals surface area contributed by atoms with E-state index in [0.29, 0.717) is 6.04 Å². The predicted molar refractivity (Wildman–Crippen MR) is 72.5 cm³/mol. The van der Waals surface area contributed by atoms with Crippen LogP contribution in [0.3, 0.4) is 0 Å². The molecule has 2 fully saturated rings. The number of carboxylic acids is 1. The van der Waals surface area contributed by atoms with E-state index >= 15 is 0 Å². The Kier molecular flexibility index (Phi) is 4.00. The topological polar surface area (TPSA) is 40.5 Å². The second kappa shape index (κ2) is 5.20. The average molecular weight is 253 g/mol. The molecule has 0 amide bonds. The molecule has 0 aromatic heterocycles. The van der Waals surface area contributed by atoms with E-state index in [4.69, 9.17) is 0 Å². The molecular weight excluding hydrogens is 226 g/mol. The fourth-order valence-corrected chi connectivity index (χ4v) is 3.49. The van der Waals surface area contributed by atoms with Crippen LogP contribution in [0, 0.1) is 17.3 Å². The first-order chi connectivity index (χ1) is 8.45. The summed E-state index contributed by atoms with van der Waals surface area (Å²) in [5.74, 6) is 0.519. The van der Waals surface area contributed by atoms with E-state index < -0.39 is 11.4 Å². The minimum atomic E-state index is -0.601. The van der Waals surface area contributed by atoms with E-state index in [-0.39, 0.29) is 5.92 Å². The summed E-state index contributed by atoms with van der Waals surface area (Å²) in [6.07, 6.45) is 6.23. The summed E-state index contributed by atoms with van der Waals surface area (Å²) < 4.78 is 0. The first-order valence-electron chi connectivity index (χ1n) is 7.43. The smallest absolute Gasteiger partial charge is 0.311 e. The van der Waals surface area contributed by atoms with Crippen LogP contribution in [0.15, 0.2) is 0 Å². The molecule has 1 saturated heterocycles. The molecule has 2 unspecified atom stereocenters. The number of likely N-dealkylation sites (tertiary alicyclic amines) is 1. The Morgan fingerprint density at radius 3 is 2.44 bits per heavy atom. The molecule has 2 aliphatic rings. The van der Waals surface area contributed by atoms with Gasteiger partial charge in [0.1, 0.15) is 0 Å². The van der Waals surface area contributed by atoms with Crippen LogP contribution in [-0.4, -0.2) is 35.1 Å². The molecule has 1 aliphatic carbocycles. The van der Waals surface area contributed by atoms with E-state index in [2.05, 4.69) is 11.8 Å². The number of aliphatic carboxylic acids is 1. The molecule has 0 aromatic rings. The van der Waals surface area contributed by atoms with Gasteiger partial charge in [0.2, 0.25) is 0 Å². The summed E-state index contributed by atoms with van der Waals surface area (Å²) >= 11 is 0. The molecule has 0 aromatic carbocycles. The van der Waals surface area contributed by atoms with Gasteiger partial charge < -0.3 is 5.11 Å². The number of hydrogen-bond donors (Lipinski definition) is 1. The highest BCUT2D eigenvalue weighted by Crippen LogP contribution is 2.40. The number of carbonyl (C=O) groups is 1. The van der Waals surface area contributed by atoms with E-state index in [9.17, 15) is 9.90 Å². The molecule has 1 N–H and O–H groups in total. The maximum absolute atomic E-state index is 11.6. The van der Waals surface area contributed by atoms with E-state index in [1.54, 1.807) is 0 Å². The Hall–Kier alpha value is -0.570. The zero-order valence-electron chi connectivity index (χ0n) is 12.0. The monoisotopic (exact) mass is 253 g/mol. The van der Waals surface area contributed by atoms with Crippen LogP contribution in [0.25, 0.3) is 0 Å². The second-order valence-electron chi connectivity index (χ2n) is 6.72. The number of rotatable bonds is 5. The van der Waals surface area contributed by atoms with Gasteiger partial charge in [-0.2, -0.15) is 0 Å². The van der Waals surface area contributed by atoms with E-state index in [1.165, 1.54) is 25.7 Å².